The van der Waals surface area contributed by atoms with Crippen molar-refractivity contribution in [2.24, 2.45) is 5.73 Å². The first-order valence-electron chi connectivity index (χ1n) is 5.63. The third-order valence-corrected chi connectivity index (χ3v) is 2.90. The molecule has 1 aromatic carbocycles. The zero-order valence-corrected chi connectivity index (χ0v) is 10.00. The fraction of sp³-hybridized carbons (Fsp3) is 0.308. The van der Waals surface area contributed by atoms with E-state index >= 15 is 0 Å². The van der Waals surface area contributed by atoms with Crippen LogP contribution in [0.1, 0.15) is 24.2 Å². The second kappa shape index (κ2) is 4.67. The van der Waals surface area contributed by atoms with Crippen molar-refractivity contribution in [3.8, 4) is 11.3 Å². The molecule has 2 aromatic rings. The van der Waals surface area contributed by atoms with Crippen LogP contribution in [-0.2, 0) is 0 Å². The summed E-state index contributed by atoms with van der Waals surface area (Å²) in [7, 11) is 0. The number of imidazole rings is 1. The van der Waals surface area contributed by atoms with Crippen molar-refractivity contribution in [3.05, 3.63) is 41.6 Å². The Balaban J connectivity index is 2.33. The van der Waals surface area contributed by atoms with Crippen molar-refractivity contribution in [2.45, 2.75) is 19.8 Å². The number of benzene rings is 1. The monoisotopic (exact) mass is 233 g/mol. The molecule has 0 aliphatic heterocycles. The van der Waals surface area contributed by atoms with Gasteiger partial charge in [0.1, 0.15) is 11.6 Å². The van der Waals surface area contributed by atoms with Crippen LogP contribution in [0.15, 0.2) is 24.4 Å². The summed E-state index contributed by atoms with van der Waals surface area (Å²) < 4.78 is 13.4. The molecule has 17 heavy (non-hydrogen) atoms. The van der Waals surface area contributed by atoms with Gasteiger partial charge in [0.05, 0.1) is 11.9 Å². The van der Waals surface area contributed by atoms with E-state index in [4.69, 9.17) is 5.73 Å². The number of hydrogen-bond donors (Lipinski definition) is 2. The van der Waals surface area contributed by atoms with E-state index in [0.717, 1.165) is 17.1 Å². The molecule has 2 rings (SSSR count). The summed E-state index contributed by atoms with van der Waals surface area (Å²) in [5.74, 6) is 0.813. The van der Waals surface area contributed by atoms with Gasteiger partial charge >= 0.3 is 0 Å². The highest BCUT2D eigenvalue weighted by Gasteiger charge is 2.09. The van der Waals surface area contributed by atoms with Gasteiger partial charge in [-0.2, -0.15) is 0 Å². The van der Waals surface area contributed by atoms with Gasteiger partial charge in [0.15, 0.2) is 0 Å². The van der Waals surface area contributed by atoms with E-state index < -0.39 is 0 Å². The van der Waals surface area contributed by atoms with Gasteiger partial charge < -0.3 is 10.7 Å². The first kappa shape index (κ1) is 11.8. The molecule has 1 unspecified atom stereocenters. The first-order valence-corrected chi connectivity index (χ1v) is 5.63. The lowest BCUT2D eigenvalue weighted by atomic mass is 10.1. The van der Waals surface area contributed by atoms with Crippen LogP contribution in [0.5, 0.6) is 0 Å². The molecule has 90 valence electrons. The highest BCUT2D eigenvalue weighted by atomic mass is 19.1. The quantitative estimate of drug-likeness (QED) is 0.856. The van der Waals surface area contributed by atoms with Crippen LogP contribution in [0.25, 0.3) is 11.3 Å². The molecule has 4 heteroatoms. The zero-order chi connectivity index (χ0) is 12.4. The number of nitrogens with one attached hydrogen (secondary N) is 1. The molecule has 0 saturated carbocycles. The smallest absolute Gasteiger partial charge is 0.126 e. The van der Waals surface area contributed by atoms with Crippen LogP contribution < -0.4 is 5.73 Å². The largest absolute Gasteiger partial charge is 0.342 e. The van der Waals surface area contributed by atoms with Crippen molar-refractivity contribution in [1.29, 1.82) is 0 Å². The lowest BCUT2D eigenvalue weighted by Crippen LogP contribution is -2.10. The third-order valence-electron chi connectivity index (χ3n) is 2.90. The Morgan fingerprint density at radius 1 is 1.47 bits per heavy atom. The van der Waals surface area contributed by atoms with Crippen molar-refractivity contribution in [3.63, 3.8) is 0 Å². The molecule has 0 saturated heterocycles. The standard InChI is InChI=1S/C13H16FN3/c1-8-3-4-10(5-11(8)14)12-7-16-13(17-12)9(2)6-15/h3-5,7,9H,6,15H2,1-2H3,(H,16,17). The topological polar surface area (TPSA) is 54.7 Å². The first-order chi connectivity index (χ1) is 8.11. The second-order valence-electron chi connectivity index (χ2n) is 4.28. The second-order valence-corrected chi connectivity index (χ2v) is 4.28. The van der Waals surface area contributed by atoms with Crippen molar-refractivity contribution in [1.82, 2.24) is 9.97 Å². The maximum Gasteiger partial charge on any atom is 0.126 e. The van der Waals surface area contributed by atoms with Crippen LogP contribution in [0.2, 0.25) is 0 Å². The molecular formula is C13H16FN3. The molecule has 3 nitrogen and oxygen atoms in total. The Labute approximate surface area is 99.9 Å². The maximum absolute atomic E-state index is 13.4. The number of halogens is 1. The number of nitrogens with two attached hydrogens (primary N) is 1. The zero-order valence-electron chi connectivity index (χ0n) is 10.00. The van der Waals surface area contributed by atoms with E-state index in [1.807, 2.05) is 13.0 Å². The van der Waals surface area contributed by atoms with Gasteiger partial charge in [0.2, 0.25) is 0 Å². The molecule has 3 N–H and O–H groups in total. The molecule has 0 bridgehead atoms. The third kappa shape index (κ3) is 2.36. The van der Waals surface area contributed by atoms with E-state index in [9.17, 15) is 4.39 Å². The summed E-state index contributed by atoms with van der Waals surface area (Å²) in [6.07, 6.45) is 1.71. The molecular weight excluding hydrogens is 217 g/mol. The molecule has 0 fully saturated rings. The number of aromatic nitrogens is 2. The number of aromatic amines is 1. The lowest BCUT2D eigenvalue weighted by Gasteiger charge is -2.04. The van der Waals surface area contributed by atoms with Crippen LogP contribution in [-0.4, -0.2) is 16.5 Å². The van der Waals surface area contributed by atoms with Gasteiger partial charge in [0, 0.05) is 18.0 Å². The van der Waals surface area contributed by atoms with Gasteiger partial charge in [-0.15, -0.1) is 0 Å². The van der Waals surface area contributed by atoms with E-state index in [0.29, 0.717) is 12.1 Å². The molecule has 1 atom stereocenters. The molecule has 1 heterocycles. The molecule has 0 spiro atoms. The predicted octanol–water partition coefficient (Wildman–Crippen LogP) is 2.59. The summed E-state index contributed by atoms with van der Waals surface area (Å²) in [5, 5.41) is 0. The average molecular weight is 233 g/mol. The summed E-state index contributed by atoms with van der Waals surface area (Å²) in [6.45, 7) is 4.28. The van der Waals surface area contributed by atoms with Gasteiger partial charge in [-0.3, -0.25) is 0 Å². The van der Waals surface area contributed by atoms with Crippen molar-refractivity contribution in [2.75, 3.05) is 6.54 Å². The van der Waals surface area contributed by atoms with Crippen molar-refractivity contribution < 1.29 is 4.39 Å². The number of nitrogens with zero attached hydrogens (tertiary/aromatic N) is 1. The minimum atomic E-state index is -0.203. The highest BCUT2D eigenvalue weighted by molar-refractivity contribution is 5.59. The lowest BCUT2D eigenvalue weighted by molar-refractivity contribution is 0.619. The fourth-order valence-electron chi connectivity index (χ4n) is 1.61. The van der Waals surface area contributed by atoms with Crippen LogP contribution in [0.4, 0.5) is 4.39 Å². The molecule has 0 amide bonds. The molecule has 1 aromatic heterocycles. The number of aryl methyl sites for hydroxylation is 1. The number of H-pyrrole nitrogens is 1. The summed E-state index contributed by atoms with van der Waals surface area (Å²) in [4.78, 5) is 7.43. The van der Waals surface area contributed by atoms with E-state index in [1.165, 1.54) is 6.07 Å². The maximum atomic E-state index is 13.4. The van der Waals surface area contributed by atoms with Crippen molar-refractivity contribution >= 4 is 0 Å². The molecule has 0 radical (unpaired) electrons. The molecule has 0 aliphatic rings. The van der Waals surface area contributed by atoms with Gasteiger partial charge in [0.25, 0.3) is 0 Å². The van der Waals surface area contributed by atoms with Gasteiger partial charge in [-0.05, 0) is 18.6 Å². The van der Waals surface area contributed by atoms with Gasteiger partial charge in [-0.1, -0.05) is 19.1 Å². The number of hydrogen-bond acceptors (Lipinski definition) is 2. The predicted molar refractivity (Wildman–Crippen MR) is 66.2 cm³/mol. The minimum Gasteiger partial charge on any atom is -0.342 e. The number of rotatable bonds is 3. The molecule has 0 aliphatic carbocycles. The van der Waals surface area contributed by atoms with Crippen LogP contribution in [0, 0.1) is 12.7 Å². The Kier molecular flexibility index (Phi) is 3.24. The van der Waals surface area contributed by atoms with E-state index in [1.54, 1.807) is 19.2 Å². The Morgan fingerprint density at radius 3 is 2.88 bits per heavy atom. The minimum absolute atomic E-state index is 0.180. The van der Waals surface area contributed by atoms with E-state index in [2.05, 4.69) is 9.97 Å². The summed E-state index contributed by atoms with van der Waals surface area (Å²) in [6, 6.07) is 5.15. The van der Waals surface area contributed by atoms with Crippen LogP contribution >= 0.6 is 0 Å². The average Bonchev–Trinajstić information content (AvgIpc) is 2.81. The Hall–Kier alpha value is -1.68. The Bertz CT molecular complexity index is 519. The van der Waals surface area contributed by atoms with Crippen LogP contribution in [0.3, 0.4) is 0 Å². The normalized spacial score (nSPS) is 12.7. The SMILES string of the molecule is Cc1ccc(-c2cnc(C(C)CN)[nH]2)cc1F. The summed E-state index contributed by atoms with van der Waals surface area (Å²) in [5.41, 5.74) is 7.84. The van der Waals surface area contributed by atoms with E-state index in [-0.39, 0.29) is 11.7 Å². The Morgan fingerprint density at radius 2 is 2.24 bits per heavy atom. The summed E-state index contributed by atoms with van der Waals surface area (Å²) >= 11 is 0. The van der Waals surface area contributed by atoms with Gasteiger partial charge in [-0.25, -0.2) is 9.37 Å². The highest BCUT2D eigenvalue weighted by Crippen LogP contribution is 2.21. The fourth-order valence-corrected chi connectivity index (χ4v) is 1.61.